The summed E-state index contributed by atoms with van der Waals surface area (Å²) in [4.78, 5) is 22.7. The fraction of sp³-hybridized carbons (Fsp3) is 0.286. The van der Waals surface area contributed by atoms with Crippen LogP contribution in [0.3, 0.4) is 0 Å². The highest BCUT2D eigenvalue weighted by Crippen LogP contribution is 2.44. The van der Waals surface area contributed by atoms with Gasteiger partial charge in [-0.1, -0.05) is 6.07 Å². The van der Waals surface area contributed by atoms with Gasteiger partial charge in [0.15, 0.2) is 11.5 Å². The normalized spacial score (nSPS) is 13.1. The van der Waals surface area contributed by atoms with Crippen molar-refractivity contribution < 1.29 is 19.0 Å². The van der Waals surface area contributed by atoms with E-state index in [4.69, 9.17) is 19.9 Å². The molecule has 0 aliphatic carbocycles. The number of rotatable bonds is 5. The summed E-state index contributed by atoms with van der Waals surface area (Å²) in [5, 5.41) is 0.802. The molecule has 2 N–H and O–H groups in total. The third-order valence-corrected chi connectivity index (χ3v) is 5.21. The first-order valence-electron chi connectivity index (χ1n) is 9.17. The number of ether oxygens (including phenoxy) is 3. The Morgan fingerprint density at radius 1 is 1.03 bits per heavy atom. The summed E-state index contributed by atoms with van der Waals surface area (Å²) < 4.78 is 16.5. The summed E-state index contributed by atoms with van der Waals surface area (Å²) in [6.07, 6.45) is 2.35. The van der Waals surface area contributed by atoms with Gasteiger partial charge in [0, 0.05) is 18.7 Å². The van der Waals surface area contributed by atoms with E-state index < -0.39 is 5.91 Å². The number of methoxy groups -OCH3 is 3. The van der Waals surface area contributed by atoms with Crippen LogP contribution in [0.25, 0.3) is 10.9 Å². The topological polar surface area (TPSA) is 99.8 Å². The first kappa shape index (κ1) is 18.8. The zero-order valence-corrected chi connectivity index (χ0v) is 16.6. The van der Waals surface area contributed by atoms with Gasteiger partial charge < -0.3 is 24.8 Å². The molecule has 0 unspecified atom stereocenters. The number of hydrogen-bond donors (Lipinski definition) is 1. The van der Waals surface area contributed by atoms with Crippen LogP contribution < -0.4 is 24.8 Å². The van der Waals surface area contributed by atoms with Crippen LogP contribution in [0.2, 0.25) is 0 Å². The third-order valence-electron chi connectivity index (χ3n) is 5.21. The Labute approximate surface area is 168 Å². The predicted molar refractivity (Wildman–Crippen MR) is 109 cm³/mol. The minimum absolute atomic E-state index is 0.432. The molecule has 0 saturated heterocycles. The number of fused-ring (bicyclic) bond motifs is 2. The van der Waals surface area contributed by atoms with E-state index in [1.165, 1.54) is 11.9 Å². The van der Waals surface area contributed by atoms with Gasteiger partial charge in [0.2, 0.25) is 11.7 Å². The van der Waals surface area contributed by atoms with Gasteiger partial charge >= 0.3 is 0 Å². The summed E-state index contributed by atoms with van der Waals surface area (Å²) in [5.41, 5.74) is 8.87. The molecule has 29 heavy (non-hydrogen) atoms. The fourth-order valence-corrected chi connectivity index (χ4v) is 3.79. The highest BCUT2D eigenvalue weighted by molar-refractivity contribution is 5.97. The molecule has 2 heterocycles. The number of hydrogen-bond acceptors (Lipinski definition) is 7. The minimum Gasteiger partial charge on any atom is -0.493 e. The Morgan fingerprint density at radius 2 is 1.83 bits per heavy atom. The molecule has 0 bridgehead atoms. The lowest BCUT2D eigenvalue weighted by molar-refractivity contribution is 0.1000. The number of aromatic nitrogens is 2. The molecular weight excluding hydrogens is 372 g/mol. The van der Waals surface area contributed by atoms with E-state index in [1.54, 1.807) is 27.4 Å². The zero-order valence-electron chi connectivity index (χ0n) is 16.6. The first-order valence-corrected chi connectivity index (χ1v) is 9.17. The van der Waals surface area contributed by atoms with E-state index in [9.17, 15) is 4.79 Å². The molecule has 0 saturated carbocycles. The van der Waals surface area contributed by atoms with E-state index >= 15 is 0 Å². The molecule has 1 aromatic heterocycles. The summed E-state index contributed by atoms with van der Waals surface area (Å²) in [7, 11) is 4.71. The summed E-state index contributed by atoms with van der Waals surface area (Å²) in [5.74, 6) is 1.87. The summed E-state index contributed by atoms with van der Waals surface area (Å²) >= 11 is 0. The smallest absolute Gasteiger partial charge is 0.248 e. The second kappa shape index (κ2) is 7.46. The van der Waals surface area contributed by atoms with E-state index in [2.05, 4.69) is 14.9 Å². The van der Waals surface area contributed by atoms with Crippen LogP contribution in [0, 0.1) is 0 Å². The molecule has 8 nitrogen and oxygen atoms in total. The summed E-state index contributed by atoms with van der Waals surface area (Å²) in [6.45, 7) is 1.39. The maximum Gasteiger partial charge on any atom is 0.248 e. The molecule has 8 heteroatoms. The molecule has 0 radical (unpaired) electrons. The van der Waals surface area contributed by atoms with Crippen molar-refractivity contribution in [2.45, 2.75) is 13.0 Å². The van der Waals surface area contributed by atoms with Crippen molar-refractivity contribution in [3.63, 3.8) is 0 Å². The van der Waals surface area contributed by atoms with E-state index in [0.29, 0.717) is 34.9 Å². The SMILES string of the molecule is COc1cc2c(N3CCc4ccc(C(N)=O)cc4C3)ncnc2c(OC)c1OC. The molecule has 4 rings (SSSR count). The van der Waals surface area contributed by atoms with Crippen LogP contribution >= 0.6 is 0 Å². The quantitative estimate of drug-likeness (QED) is 0.709. The Hall–Kier alpha value is -3.55. The lowest BCUT2D eigenvalue weighted by Gasteiger charge is -2.31. The van der Waals surface area contributed by atoms with Crippen LogP contribution in [0.15, 0.2) is 30.6 Å². The molecule has 1 aliphatic heterocycles. The number of carbonyl (C=O) groups excluding carboxylic acids is 1. The van der Waals surface area contributed by atoms with Gasteiger partial charge in [0.05, 0.1) is 26.7 Å². The van der Waals surface area contributed by atoms with Crippen LogP contribution in [-0.4, -0.2) is 43.7 Å². The van der Waals surface area contributed by atoms with Gasteiger partial charge in [-0.15, -0.1) is 0 Å². The second-order valence-electron chi connectivity index (χ2n) is 6.76. The Kier molecular flexibility index (Phi) is 4.84. The molecule has 2 aromatic carbocycles. The highest BCUT2D eigenvalue weighted by atomic mass is 16.5. The van der Waals surface area contributed by atoms with Gasteiger partial charge in [0.25, 0.3) is 0 Å². The summed E-state index contributed by atoms with van der Waals surface area (Å²) in [6, 6.07) is 7.47. The highest BCUT2D eigenvalue weighted by Gasteiger charge is 2.24. The van der Waals surface area contributed by atoms with Crippen LogP contribution in [0.5, 0.6) is 17.2 Å². The Bertz CT molecular complexity index is 1100. The molecule has 1 amide bonds. The zero-order chi connectivity index (χ0) is 20.5. The Balaban J connectivity index is 1.82. The minimum atomic E-state index is -0.432. The van der Waals surface area contributed by atoms with Gasteiger partial charge in [-0.2, -0.15) is 0 Å². The maximum atomic E-state index is 11.6. The molecule has 0 atom stereocenters. The number of carbonyl (C=O) groups is 1. The van der Waals surface area contributed by atoms with Crippen molar-refractivity contribution in [2.75, 3.05) is 32.8 Å². The average molecular weight is 394 g/mol. The largest absolute Gasteiger partial charge is 0.493 e. The molecule has 0 fully saturated rings. The number of nitrogens with zero attached hydrogens (tertiary/aromatic N) is 3. The van der Waals surface area contributed by atoms with Gasteiger partial charge in [0.1, 0.15) is 17.7 Å². The number of anilines is 1. The number of nitrogens with two attached hydrogens (primary N) is 1. The molecule has 0 spiro atoms. The molecule has 1 aliphatic rings. The van der Waals surface area contributed by atoms with Crippen molar-refractivity contribution in [1.29, 1.82) is 0 Å². The monoisotopic (exact) mass is 394 g/mol. The molecule has 3 aromatic rings. The van der Waals surface area contributed by atoms with Crippen LogP contribution in [0.4, 0.5) is 5.82 Å². The van der Waals surface area contributed by atoms with Gasteiger partial charge in [-0.25, -0.2) is 9.97 Å². The number of amides is 1. The van der Waals surface area contributed by atoms with Gasteiger partial charge in [-0.3, -0.25) is 4.79 Å². The van der Waals surface area contributed by atoms with Crippen molar-refractivity contribution in [3.05, 3.63) is 47.3 Å². The van der Waals surface area contributed by atoms with E-state index in [1.807, 2.05) is 18.2 Å². The lowest BCUT2D eigenvalue weighted by Crippen LogP contribution is -2.31. The van der Waals surface area contributed by atoms with Crippen LogP contribution in [0.1, 0.15) is 21.5 Å². The average Bonchev–Trinajstić information content (AvgIpc) is 2.76. The predicted octanol–water partition coefficient (Wildman–Crippen LogP) is 2.32. The van der Waals surface area contributed by atoms with Crippen molar-refractivity contribution in [3.8, 4) is 17.2 Å². The van der Waals surface area contributed by atoms with Crippen molar-refractivity contribution in [1.82, 2.24) is 9.97 Å². The standard InChI is InChI=1S/C21H22N4O4/c1-27-16-9-15-17(19(29-3)18(16)28-2)23-11-24-21(15)25-7-6-12-4-5-13(20(22)26)8-14(12)10-25/h4-5,8-9,11H,6-7,10H2,1-3H3,(H2,22,26). The maximum absolute atomic E-state index is 11.6. The van der Waals surface area contributed by atoms with Gasteiger partial charge in [-0.05, 0) is 35.7 Å². The van der Waals surface area contributed by atoms with E-state index in [-0.39, 0.29) is 0 Å². The number of primary amides is 1. The Morgan fingerprint density at radius 3 is 2.52 bits per heavy atom. The second-order valence-corrected chi connectivity index (χ2v) is 6.76. The molecular formula is C21H22N4O4. The first-order chi connectivity index (χ1) is 14.1. The molecule has 150 valence electrons. The van der Waals surface area contributed by atoms with Crippen molar-refractivity contribution in [2.24, 2.45) is 5.73 Å². The third kappa shape index (κ3) is 3.16. The fourth-order valence-electron chi connectivity index (χ4n) is 3.79. The lowest BCUT2D eigenvalue weighted by atomic mass is 9.97. The van der Waals surface area contributed by atoms with Crippen molar-refractivity contribution >= 4 is 22.6 Å². The van der Waals surface area contributed by atoms with Crippen LogP contribution in [-0.2, 0) is 13.0 Å². The van der Waals surface area contributed by atoms with E-state index in [0.717, 1.165) is 29.7 Å². The number of benzene rings is 2.